The molecule has 98 valence electrons. The fraction of sp³-hybridized carbons (Fsp3) is 0.333. The summed E-state index contributed by atoms with van der Waals surface area (Å²) in [4.78, 5) is 4.04. The lowest BCUT2D eigenvalue weighted by Crippen LogP contribution is -2.23. The van der Waals surface area contributed by atoms with E-state index in [2.05, 4.69) is 27.9 Å². The SMILES string of the molecule is CC(CNCc1ccc(C#N)cc1)Cn1ccnc1. The summed E-state index contributed by atoms with van der Waals surface area (Å²) >= 11 is 0. The van der Waals surface area contributed by atoms with Crippen LogP contribution in [0.15, 0.2) is 43.0 Å². The lowest BCUT2D eigenvalue weighted by molar-refractivity contribution is 0.445. The van der Waals surface area contributed by atoms with Gasteiger partial charge in [0.05, 0.1) is 18.0 Å². The maximum absolute atomic E-state index is 8.73. The maximum atomic E-state index is 8.73. The fourth-order valence-electron chi connectivity index (χ4n) is 1.98. The van der Waals surface area contributed by atoms with Crippen LogP contribution < -0.4 is 5.32 Å². The van der Waals surface area contributed by atoms with E-state index in [9.17, 15) is 0 Å². The first-order valence-corrected chi connectivity index (χ1v) is 6.43. The summed E-state index contributed by atoms with van der Waals surface area (Å²) in [5.74, 6) is 0.549. The Bertz CT molecular complexity index is 522. The van der Waals surface area contributed by atoms with Crippen molar-refractivity contribution < 1.29 is 0 Å². The molecule has 1 heterocycles. The molecule has 19 heavy (non-hydrogen) atoms. The van der Waals surface area contributed by atoms with Gasteiger partial charge in [0.15, 0.2) is 0 Å². The molecule has 1 aromatic heterocycles. The van der Waals surface area contributed by atoms with Crippen molar-refractivity contribution in [3.05, 3.63) is 54.1 Å². The van der Waals surface area contributed by atoms with Gasteiger partial charge >= 0.3 is 0 Å². The monoisotopic (exact) mass is 254 g/mol. The van der Waals surface area contributed by atoms with Crippen molar-refractivity contribution >= 4 is 0 Å². The highest BCUT2D eigenvalue weighted by Crippen LogP contribution is 2.04. The molecule has 0 saturated carbocycles. The largest absolute Gasteiger partial charge is 0.337 e. The third-order valence-electron chi connectivity index (χ3n) is 2.99. The quantitative estimate of drug-likeness (QED) is 0.859. The summed E-state index contributed by atoms with van der Waals surface area (Å²) in [6.45, 7) is 4.98. The molecule has 4 heteroatoms. The van der Waals surface area contributed by atoms with E-state index in [4.69, 9.17) is 5.26 Å². The minimum atomic E-state index is 0.549. The van der Waals surface area contributed by atoms with Crippen LogP contribution in [0.1, 0.15) is 18.1 Å². The Balaban J connectivity index is 1.72. The van der Waals surface area contributed by atoms with Crippen molar-refractivity contribution in [1.29, 1.82) is 5.26 Å². The Labute approximate surface area is 113 Å². The van der Waals surface area contributed by atoms with Gasteiger partial charge in [0.25, 0.3) is 0 Å². The number of rotatable bonds is 6. The van der Waals surface area contributed by atoms with Gasteiger partial charge in [-0.2, -0.15) is 5.26 Å². The molecule has 0 aliphatic heterocycles. The number of hydrogen-bond donors (Lipinski definition) is 1. The summed E-state index contributed by atoms with van der Waals surface area (Å²) in [5.41, 5.74) is 1.91. The highest BCUT2D eigenvalue weighted by atomic mass is 15.0. The molecule has 1 aromatic carbocycles. The van der Waals surface area contributed by atoms with Gasteiger partial charge in [-0.25, -0.2) is 4.98 Å². The smallest absolute Gasteiger partial charge is 0.0991 e. The van der Waals surface area contributed by atoms with Crippen molar-refractivity contribution in [2.45, 2.75) is 20.0 Å². The van der Waals surface area contributed by atoms with Gasteiger partial charge in [-0.1, -0.05) is 19.1 Å². The van der Waals surface area contributed by atoms with Gasteiger partial charge in [0, 0.05) is 25.5 Å². The van der Waals surface area contributed by atoms with Crippen LogP contribution in [0.4, 0.5) is 0 Å². The van der Waals surface area contributed by atoms with E-state index >= 15 is 0 Å². The van der Waals surface area contributed by atoms with Crippen LogP contribution in [-0.4, -0.2) is 16.1 Å². The van der Waals surface area contributed by atoms with E-state index in [0.29, 0.717) is 11.5 Å². The summed E-state index contributed by atoms with van der Waals surface area (Å²) in [6, 6.07) is 9.81. The first-order valence-electron chi connectivity index (χ1n) is 6.43. The van der Waals surface area contributed by atoms with Crippen molar-refractivity contribution in [3.8, 4) is 6.07 Å². The molecule has 4 nitrogen and oxygen atoms in total. The molecule has 0 fully saturated rings. The Morgan fingerprint density at radius 3 is 2.79 bits per heavy atom. The molecule has 0 amide bonds. The summed E-state index contributed by atoms with van der Waals surface area (Å²) in [5, 5.41) is 12.2. The van der Waals surface area contributed by atoms with Crippen LogP contribution in [-0.2, 0) is 13.1 Å². The molecule has 0 bridgehead atoms. The molecular weight excluding hydrogens is 236 g/mol. The van der Waals surface area contributed by atoms with Gasteiger partial charge in [-0.15, -0.1) is 0 Å². The Kier molecular flexibility index (Phi) is 4.71. The predicted octanol–water partition coefficient (Wildman–Crippen LogP) is 2.18. The first-order chi connectivity index (χ1) is 9.28. The second-order valence-electron chi connectivity index (χ2n) is 4.80. The van der Waals surface area contributed by atoms with Crippen molar-refractivity contribution in [2.24, 2.45) is 5.92 Å². The molecule has 1 unspecified atom stereocenters. The number of nitrogens with zero attached hydrogens (tertiary/aromatic N) is 3. The normalized spacial score (nSPS) is 12.0. The molecule has 2 aromatic rings. The number of hydrogen-bond acceptors (Lipinski definition) is 3. The van der Waals surface area contributed by atoms with Crippen LogP contribution in [0.5, 0.6) is 0 Å². The van der Waals surface area contributed by atoms with Gasteiger partial charge in [0.2, 0.25) is 0 Å². The second kappa shape index (κ2) is 6.72. The lowest BCUT2D eigenvalue weighted by atomic mass is 10.1. The Morgan fingerprint density at radius 2 is 2.16 bits per heavy atom. The van der Waals surface area contributed by atoms with E-state index in [1.165, 1.54) is 5.56 Å². The van der Waals surface area contributed by atoms with Gasteiger partial charge in [-0.05, 0) is 30.2 Å². The molecule has 0 radical (unpaired) electrons. The molecule has 0 spiro atoms. The maximum Gasteiger partial charge on any atom is 0.0991 e. The zero-order valence-corrected chi connectivity index (χ0v) is 11.1. The molecule has 0 saturated heterocycles. The molecule has 1 N–H and O–H groups in total. The minimum absolute atomic E-state index is 0.549. The Morgan fingerprint density at radius 1 is 1.37 bits per heavy atom. The van der Waals surface area contributed by atoms with Crippen LogP contribution in [0.25, 0.3) is 0 Å². The minimum Gasteiger partial charge on any atom is -0.337 e. The Hall–Kier alpha value is -2.12. The topological polar surface area (TPSA) is 53.6 Å². The third-order valence-corrected chi connectivity index (χ3v) is 2.99. The van der Waals surface area contributed by atoms with E-state index in [1.54, 1.807) is 6.20 Å². The van der Waals surface area contributed by atoms with E-state index in [1.807, 2.05) is 36.8 Å². The summed E-state index contributed by atoms with van der Waals surface area (Å²) in [7, 11) is 0. The fourth-order valence-corrected chi connectivity index (χ4v) is 1.98. The molecule has 0 aliphatic carbocycles. The number of imidazole rings is 1. The van der Waals surface area contributed by atoms with Crippen molar-refractivity contribution in [3.63, 3.8) is 0 Å². The van der Waals surface area contributed by atoms with Gasteiger partial charge in [-0.3, -0.25) is 0 Å². The highest BCUT2D eigenvalue weighted by Gasteiger charge is 2.02. The molecule has 2 rings (SSSR count). The first kappa shape index (κ1) is 13.3. The van der Waals surface area contributed by atoms with Crippen LogP contribution in [0, 0.1) is 17.2 Å². The average molecular weight is 254 g/mol. The van der Waals surface area contributed by atoms with Crippen molar-refractivity contribution in [1.82, 2.24) is 14.9 Å². The standard InChI is InChI=1S/C15H18N4/c1-13(11-19-7-6-17-12-19)9-18-10-15-4-2-14(8-16)3-5-15/h2-7,12-13,18H,9-11H2,1H3. The van der Waals surface area contributed by atoms with Crippen LogP contribution >= 0.6 is 0 Å². The number of benzene rings is 1. The molecular formula is C15H18N4. The van der Waals surface area contributed by atoms with Crippen LogP contribution in [0.2, 0.25) is 0 Å². The predicted molar refractivity (Wildman–Crippen MR) is 74.3 cm³/mol. The summed E-state index contributed by atoms with van der Waals surface area (Å²) < 4.78 is 2.09. The molecule has 1 atom stereocenters. The van der Waals surface area contributed by atoms with Crippen molar-refractivity contribution in [2.75, 3.05) is 6.54 Å². The van der Waals surface area contributed by atoms with E-state index in [-0.39, 0.29) is 0 Å². The van der Waals surface area contributed by atoms with E-state index in [0.717, 1.165) is 19.6 Å². The summed E-state index contributed by atoms with van der Waals surface area (Å²) in [6.07, 6.45) is 5.63. The lowest BCUT2D eigenvalue weighted by Gasteiger charge is -2.13. The number of aromatic nitrogens is 2. The van der Waals surface area contributed by atoms with Gasteiger partial charge in [0.1, 0.15) is 0 Å². The zero-order chi connectivity index (χ0) is 13.5. The van der Waals surface area contributed by atoms with E-state index < -0.39 is 0 Å². The second-order valence-corrected chi connectivity index (χ2v) is 4.80. The third kappa shape index (κ3) is 4.23. The number of nitrogens with one attached hydrogen (secondary N) is 1. The highest BCUT2D eigenvalue weighted by molar-refractivity contribution is 5.31. The zero-order valence-electron chi connectivity index (χ0n) is 11.1. The van der Waals surface area contributed by atoms with Crippen LogP contribution in [0.3, 0.4) is 0 Å². The average Bonchev–Trinajstić information content (AvgIpc) is 2.92. The number of nitriles is 1. The molecule has 0 aliphatic rings. The van der Waals surface area contributed by atoms with Gasteiger partial charge < -0.3 is 9.88 Å².